The summed E-state index contributed by atoms with van der Waals surface area (Å²) in [6.07, 6.45) is -4.12. The van der Waals surface area contributed by atoms with Crippen LogP contribution in [0.3, 0.4) is 0 Å². The molecule has 2 N–H and O–H groups in total. The maximum absolute atomic E-state index is 14.0. The van der Waals surface area contributed by atoms with Crippen LogP contribution in [0.4, 0.5) is 23.4 Å². The summed E-state index contributed by atoms with van der Waals surface area (Å²) in [7, 11) is 0. The molecule has 2 rings (SSSR count). The van der Waals surface area contributed by atoms with Gasteiger partial charge in [-0.2, -0.15) is 13.2 Å². The third kappa shape index (κ3) is 4.38. The molecule has 1 aromatic carbocycles. The number of rotatable bonds is 6. The van der Waals surface area contributed by atoms with Crippen molar-refractivity contribution in [3.8, 4) is 0 Å². The maximum atomic E-state index is 14.0. The number of alkyl halides is 3. The number of nitrogens with one attached hydrogen (secondary N) is 2. The first-order valence-electron chi connectivity index (χ1n) is 8.12. The quantitative estimate of drug-likeness (QED) is 0.443. The Kier molecular flexibility index (Phi) is 6.22. The fourth-order valence-corrected chi connectivity index (χ4v) is 2.31. The summed E-state index contributed by atoms with van der Waals surface area (Å²) in [5, 5.41) is 3.46. The normalized spacial score (nSPS) is 13.4. The Morgan fingerprint density at radius 2 is 1.86 bits per heavy atom. The van der Waals surface area contributed by atoms with E-state index in [9.17, 15) is 27.2 Å². The lowest BCUT2D eigenvalue weighted by Gasteiger charge is -2.35. The van der Waals surface area contributed by atoms with Gasteiger partial charge in [0, 0.05) is 6.20 Å². The van der Waals surface area contributed by atoms with Gasteiger partial charge in [0.15, 0.2) is 0 Å². The summed E-state index contributed by atoms with van der Waals surface area (Å²) < 4.78 is 60.4. The number of amides is 1. The van der Waals surface area contributed by atoms with E-state index in [0.29, 0.717) is 5.56 Å². The van der Waals surface area contributed by atoms with Crippen LogP contribution in [0.1, 0.15) is 22.8 Å². The van der Waals surface area contributed by atoms with Gasteiger partial charge in [-0.3, -0.25) is 4.79 Å². The molecular weight excluding hydrogens is 382 g/mol. The molecule has 0 fully saturated rings. The van der Waals surface area contributed by atoms with E-state index in [4.69, 9.17) is 0 Å². The zero-order valence-corrected chi connectivity index (χ0v) is 14.9. The van der Waals surface area contributed by atoms with Crippen molar-refractivity contribution >= 4 is 17.7 Å². The van der Waals surface area contributed by atoms with Crippen molar-refractivity contribution in [3.05, 3.63) is 59.5 Å². The number of hydrogen-bond acceptors (Lipinski definition) is 5. The molecule has 0 bridgehead atoms. The predicted molar refractivity (Wildman–Crippen MR) is 91.9 cm³/mol. The van der Waals surface area contributed by atoms with Crippen molar-refractivity contribution in [2.45, 2.75) is 25.7 Å². The number of ether oxygens (including phenoxy) is 1. The number of anilines is 1. The molecule has 6 nitrogen and oxygen atoms in total. The molecule has 0 radical (unpaired) electrons. The van der Waals surface area contributed by atoms with Gasteiger partial charge in [0.25, 0.3) is 5.91 Å². The third-order valence-corrected chi connectivity index (χ3v) is 3.66. The van der Waals surface area contributed by atoms with E-state index < -0.39 is 35.1 Å². The van der Waals surface area contributed by atoms with Crippen LogP contribution in [-0.2, 0) is 9.53 Å². The second kappa shape index (κ2) is 8.24. The van der Waals surface area contributed by atoms with Gasteiger partial charge in [-0.05, 0) is 43.7 Å². The van der Waals surface area contributed by atoms with Crippen LogP contribution in [-0.4, -0.2) is 35.3 Å². The number of benzene rings is 1. The van der Waals surface area contributed by atoms with Crippen LogP contribution in [0.25, 0.3) is 0 Å². The molecular formula is C18H17F4N3O3. The van der Waals surface area contributed by atoms with Gasteiger partial charge in [-0.25, -0.2) is 14.2 Å². The molecule has 1 aromatic heterocycles. The van der Waals surface area contributed by atoms with Gasteiger partial charge in [-0.1, -0.05) is 12.1 Å². The van der Waals surface area contributed by atoms with Crippen molar-refractivity contribution in [2.24, 2.45) is 0 Å². The van der Waals surface area contributed by atoms with Gasteiger partial charge < -0.3 is 15.4 Å². The summed E-state index contributed by atoms with van der Waals surface area (Å²) in [6.45, 7) is 2.53. The molecule has 0 saturated heterocycles. The molecule has 0 spiro atoms. The summed E-state index contributed by atoms with van der Waals surface area (Å²) >= 11 is 0. The number of esters is 1. The highest BCUT2D eigenvalue weighted by atomic mass is 19.4. The molecule has 1 atom stereocenters. The Bertz CT molecular complexity index is 873. The third-order valence-electron chi connectivity index (χ3n) is 3.66. The fraction of sp³-hybridized carbons (Fsp3) is 0.278. The number of pyridine rings is 1. The minimum absolute atomic E-state index is 0.334. The van der Waals surface area contributed by atoms with E-state index in [1.807, 2.05) is 5.32 Å². The van der Waals surface area contributed by atoms with Crippen molar-refractivity contribution in [3.63, 3.8) is 0 Å². The first-order chi connectivity index (χ1) is 13.1. The first-order valence-corrected chi connectivity index (χ1v) is 8.12. The number of carbonyl (C=O) groups excluding carboxylic acids is 2. The predicted octanol–water partition coefficient (Wildman–Crippen LogP) is 3.19. The minimum Gasteiger partial charge on any atom is -0.463 e. The minimum atomic E-state index is -5.34. The molecule has 1 heterocycles. The SMILES string of the molecule is CCOC(=O)[C@@](NC(=O)c1ccccc1F)(Nc1cc(C)ccn1)C(F)(F)F. The number of aryl methyl sites for hydroxylation is 1. The van der Waals surface area contributed by atoms with E-state index >= 15 is 0 Å². The molecule has 0 aliphatic heterocycles. The fourth-order valence-electron chi connectivity index (χ4n) is 2.31. The first kappa shape index (κ1) is 21.1. The Balaban J connectivity index is 2.54. The summed E-state index contributed by atoms with van der Waals surface area (Å²) in [6, 6.07) is 7.21. The monoisotopic (exact) mass is 399 g/mol. The van der Waals surface area contributed by atoms with Gasteiger partial charge in [0.1, 0.15) is 11.6 Å². The molecule has 1 amide bonds. The van der Waals surface area contributed by atoms with Crippen molar-refractivity contribution < 1.29 is 31.9 Å². The van der Waals surface area contributed by atoms with E-state index in [0.717, 1.165) is 12.1 Å². The van der Waals surface area contributed by atoms with E-state index in [1.165, 1.54) is 37.4 Å². The van der Waals surface area contributed by atoms with Crippen LogP contribution in [0.2, 0.25) is 0 Å². The number of nitrogens with zero attached hydrogens (tertiary/aromatic N) is 1. The number of halogens is 4. The maximum Gasteiger partial charge on any atom is 0.441 e. The standard InChI is InChI=1S/C18H17F4N3O3/c1-3-28-16(27)17(18(20,21)22,24-14-10-11(2)8-9-23-14)25-15(26)12-6-4-5-7-13(12)19/h4-10H,3H2,1-2H3,(H,23,24)(H,25,26)/t17-/m0/s1. The second-order valence-corrected chi connectivity index (χ2v) is 5.75. The Hall–Kier alpha value is -3.17. The highest BCUT2D eigenvalue weighted by Gasteiger charge is 2.64. The molecule has 150 valence electrons. The Morgan fingerprint density at radius 3 is 2.43 bits per heavy atom. The molecule has 28 heavy (non-hydrogen) atoms. The Morgan fingerprint density at radius 1 is 1.18 bits per heavy atom. The highest BCUT2D eigenvalue weighted by molar-refractivity contribution is 5.99. The molecule has 10 heteroatoms. The average Bonchev–Trinajstić information content (AvgIpc) is 2.60. The van der Waals surface area contributed by atoms with Gasteiger partial charge in [0.05, 0.1) is 12.2 Å². The van der Waals surface area contributed by atoms with Crippen LogP contribution in [0, 0.1) is 12.7 Å². The molecule has 0 saturated carbocycles. The van der Waals surface area contributed by atoms with Crippen LogP contribution >= 0.6 is 0 Å². The zero-order chi connectivity index (χ0) is 20.9. The zero-order valence-electron chi connectivity index (χ0n) is 14.9. The summed E-state index contributed by atoms with van der Waals surface area (Å²) in [4.78, 5) is 28.4. The molecule has 0 aliphatic carbocycles. The number of carbonyl (C=O) groups is 2. The lowest BCUT2D eigenvalue weighted by Crippen LogP contribution is -2.69. The van der Waals surface area contributed by atoms with Gasteiger partial charge in [0.2, 0.25) is 0 Å². The average molecular weight is 399 g/mol. The molecule has 0 aliphatic rings. The van der Waals surface area contributed by atoms with Crippen molar-refractivity contribution in [2.75, 3.05) is 11.9 Å². The van der Waals surface area contributed by atoms with Gasteiger partial charge >= 0.3 is 17.8 Å². The van der Waals surface area contributed by atoms with Crippen molar-refractivity contribution in [1.82, 2.24) is 10.3 Å². The lowest BCUT2D eigenvalue weighted by molar-refractivity contribution is -0.204. The van der Waals surface area contributed by atoms with Gasteiger partial charge in [-0.15, -0.1) is 0 Å². The topological polar surface area (TPSA) is 80.3 Å². The molecule has 0 unspecified atom stereocenters. The Labute approximate surface area is 157 Å². The molecule has 2 aromatic rings. The van der Waals surface area contributed by atoms with Crippen molar-refractivity contribution in [1.29, 1.82) is 0 Å². The smallest absolute Gasteiger partial charge is 0.441 e. The highest BCUT2D eigenvalue weighted by Crippen LogP contribution is 2.33. The van der Waals surface area contributed by atoms with E-state index in [1.54, 1.807) is 12.2 Å². The van der Waals surface area contributed by atoms with E-state index in [-0.39, 0.29) is 12.4 Å². The van der Waals surface area contributed by atoms with Crippen LogP contribution in [0.15, 0.2) is 42.6 Å². The second-order valence-electron chi connectivity index (χ2n) is 5.75. The summed E-state index contributed by atoms with van der Waals surface area (Å²) in [5.41, 5.74) is -3.79. The number of aromatic nitrogens is 1. The lowest BCUT2D eigenvalue weighted by atomic mass is 10.1. The van der Waals surface area contributed by atoms with Crippen LogP contribution in [0.5, 0.6) is 0 Å². The van der Waals surface area contributed by atoms with E-state index in [2.05, 4.69) is 9.72 Å². The largest absolute Gasteiger partial charge is 0.463 e. The van der Waals surface area contributed by atoms with Crippen LogP contribution < -0.4 is 10.6 Å². The number of hydrogen-bond donors (Lipinski definition) is 2. The summed E-state index contributed by atoms with van der Waals surface area (Å²) in [5.74, 6) is -4.65.